The molecule has 0 saturated heterocycles. The van der Waals surface area contributed by atoms with Crippen molar-refractivity contribution in [1.29, 1.82) is 0 Å². The fourth-order valence-corrected chi connectivity index (χ4v) is 9.48. The number of aromatic nitrogens is 3. The Bertz CT molecular complexity index is 3450. The largest absolute Gasteiger partial charge is 0.456 e. The van der Waals surface area contributed by atoms with E-state index in [1.54, 1.807) is 0 Å². The van der Waals surface area contributed by atoms with Gasteiger partial charge in [0.1, 0.15) is 11.2 Å². The molecule has 4 nitrogen and oxygen atoms in total. The van der Waals surface area contributed by atoms with Gasteiger partial charge in [0.05, 0.1) is 0 Å². The maximum Gasteiger partial charge on any atom is 0.164 e. The molecule has 11 aromatic rings. The zero-order valence-electron chi connectivity index (χ0n) is 32.0. The first-order valence-corrected chi connectivity index (χ1v) is 19.9. The number of rotatable bonds is 4. The smallest absolute Gasteiger partial charge is 0.164 e. The molecule has 0 aliphatic heterocycles. The molecule has 0 unspecified atom stereocenters. The normalized spacial score (nSPS) is 13.1. The highest BCUT2D eigenvalue weighted by Gasteiger charge is 2.35. The number of nitrogens with zero attached hydrogens (tertiary/aromatic N) is 3. The van der Waals surface area contributed by atoms with Gasteiger partial charge in [-0.25, -0.2) is 15.0 Å². The summed E-state index contributed by atoms with van der Waals surface area (Å²) in [6.45, 7) is 4.61. The molecule has 9 aromatic carbocycles. The van der Waals surface area contributed by atoms with Gasteiger partial charge < -0.3 is 4.42 Å². The molecule has 272 valence electrons. The lowest BCUT2D eigenvalue weighted by atomic mass is 9.82. The lowest BCUT2D eigenvalue weighted by molar-refractivity contribution is 0.660. The van der Waals surface area contributed by atoms with E-state index in [-0.39, 0.29) is 5.41 Å². The summed E-state index contributed by atoms with van der Waals surface area (Å²) in [4.78, 5) is 15.6. The van der Waals surface area contributed by atoms with E-state index in [0.717, 1.165) is 49.8 Å². The number of fused-ring (bicyclic) bond motifs is 12. The minimum Gasteiger partial charge on any atom is -0.456 e. The van der Waals surface area contributed by atoms with Gasteiger partial charge in [-0.3, -0.25) is 0 Å². The lowest BCUT2D eigenvalue weighted by Gasteiger charge is -2.21. The van der Waals surface area contributed by atoms with Crippen molar-refractivity contribution < 1.29 is 4.42 Å². The summed E-state index contributed by atoms with van der Waals surface area (Å²) >= 11 is 0. The lowest BCUT2D eigenvalue weighted by Crippen LogP contribution is -2.14. The Balaban J connectivity index is 1.05. The highest BCUT2D eigenvalue weighted by molar-refractivity contribution is 6.26. The molecule has 0 bridgehead atoms. The third kappa shape index (κ3) is 4.85. The van der Waals surface area contributed by atoms with Crippen LogP contribution in [0.3, 0.4) is 0 Å². The molecule has 0 saturated carbocycles. The van der Waals surface area contributed by atoms with Crippen molar-refractivity contribution in [2.24, 2.45) is 0 Å². The third-order valence-corrected chi connectivity index (χ3v) is 12.3. The number of hydrogen-bond acceptors (Lipinski definition) is 4. The molecule has 58 heavy (non-hydrogen) atoms. The van der Waals surface area contributed by atoms with Gasteiger partial charge in [-0.05, 0) is 96.0 Å². The van der Waals surface area contributed by atoms with Crippen LogP contribution in [-0.2, 0) is 5.41 Å². The van der Waals surface area contributed by atoms with Crippen molar-refractivity contribution in [2.75, 3.05) is 0 Å². The molecule has 0 amide bonds. The first kappa shape index (κ1) is 32.8. The first-order chi connectivity index (χ1) is 28.5. The van der Waals surface area contributed by atoms with E-state index in [2.05, 4.69) is 159 Å². The highest BCUT2D eigenvalue weighted by Crippen LogP contribution is 2.49. The summed E-state index contributed by atoms with van der Waals surface area (Å²) in [5.74, 6) is 1.87. The van der Waals surface area contributed by atoms with Gasteiger partial charge in [0.25, 0.3) is 0 Å². The molecule has 4 heteroatoms. The molecule has 0 radical (unpaired) electrons. The second-order valence-corrected chi connectivity index (χ2v) is 15.9. The van der Waals surface area contributed by atoms with Crippen molar-refractivity contribution >= 4 is 54.3 Å². The highest BCUT2D eigenvalue weighted by atomic mass is 16.3. The second-order valence-electron chi connectivity index (χ2n) is 15.9. The second kappa shape index (κ2) is 12.3. The number of furan rings is 1. The Morgan fingerprint density at radius 1 is 0.345 bits per heavy atom. The van der Waals surface area contributed by atoms with Gasteiger partial charge >= 0.3 is 0 Å². The molecule has 0 atom stereocenters. The van der Waals surface area contributed by atoms with Crippen molar-refractivity contribution in [3.63, 3.8) is 0 Å². The van der Waals surface area contributed by atoms with Crippen molar-refractivity contribution in [3.05, 3.63) is 187 Å². The maximum absolute atomic E-state index is 6.54. The minimum absolute atomic E-state index is 0.0875. The topological polar surface area (TPSA) is 51.8 Å². The Morgan fingerprint density at radius 3 is 1.66 bits per heavy atom. The van der Waals surface area contributed by atoms with Crippen molar-refractivity contribution in [1.82, 2.24) is 15.0 Å². The Hall–Kier alpha value is -7.43. The average molecular weight is 742 g/mol. The maximum atomic E-state index is 6.54. The van der Waals surface area contributed by atoms with Crippen LogP contribution >= 0.6 is 0 Å². The van der Waals surface area contributed by atoms with Gasteiger partial charge in [-0.1, -0.05) is 159 Å². The summed E-state index contributed by atoms with van der Waals surface area (Å²) in [6, 6.07) is 62.6. The molecule has 2 aromatic heterocycles. The summed E-state index contributed by atoms with van der Waals surface area (Å²) in [6.07, 6.45) is 0. The van der Waals surface area contributed by atoms with Crippen molar-refractivity contribution in [3.8, 4) is 56.4 Å². The molecule has 2 heterocycles. The summed E-state index contributed by atoms with van der Waals surface area (Å²) in [7, 11) is 0. The van der Waals surface area contributed by atoms with Crippen LogP contribution in [-0.4, -0.2) is 15.0 Å². The summed E-state index contributed by atoms with van der Waals surface area (Å²) in [5.41, 5.74) is 11.7. The van der Waals surface area contributed by atoms with Gasteiger partial charge in [0, 0.05) is 32.9 Å². The zero-order valence-corrected chi connectivity index (χ0v) is 32.0. The fraction of sp³-hybridized carbons (Fsp3) is 0.0556. The van der Waals surface area contributed by atoms with Gasteiger partial charge in [0.2, 0.25) is 0 Å². The van der Waals surface area contributed by atoms with E-state index in [9.17, 15) is 0 Å². The van der Waals surface area contributed by atoms with Gasteiger partial charge in [0.15, 0.2) is 17.5 Å². The van der Waals surface area contributed by atoms with Crippen LogP contribution in [0.1, 0.15) is 25.0 Å². The molecule has 0 spiro atoms. The monoisotopic (exact) mass is 741 g/mol. The van der Waals surface area contributed by atoms with Crippen LogP contribution < -0.4 is 0 Å². The fourth-order valence-electron chi connectivity index (χ4n) is 9.48. The van der Waals surface area contributed by atoms with Crippen molar-refractivity contribution in [2.45, 2.75) is 19.3 Å². The molecule has 0 fully saturated rings. The molecule has 0 N–H and O–H groups in total. The van der Waals surface area contributed by atoms with Crippen LogP contribution in [0, 0.1) is 0 Å². The third-order valence-electron chi connectivity index (χ3n) is 12.3. The number of hydrogen-bond donors (Lipinski definition) is 0. The van der Waals surface area contributed by atoms with Crippen LogP contribution in [0.15, 0.2) is 180 Å². The molecule has 1 aliphatic rings. The summed E-state index contributed by atoms with van der Waals surface area (Å²) < 4.78 is 6.54. The zero-order chi connectivity index (χ0) is 38.5. The predicted octanol–water partition coefficient (Wildman–Crippen LogP) is 14.2. The van der Waals surface area contributed by atoms with E-state index in [1.807, 2.05) is 30.3 Å². The number of benzene rings is 9. The molecular formula is C54H35N3O. The summed E-state index contributed by atoms with van der Waals surface area (Å²) in [5, 5.41) is 9.57. The minimum atomic E-state index is -0.0875. The van der Waals surface area contributed by atoms with E-state index in [1.165, 1.54) is 54.6 Å². The molecule has 1 aliphatic carbocycles. The van der Waals surface area contributed by atoms with E-state index >= 15 is 0 Å². The SMILES string of the molecule is CC1(C)c2ccccc2-c2cc(-c3nc(-c4ccccc4)nc(-c4cccc5oc6ccc(-c7ccc8c9ccccc9c9ccccc9c8c7)cc6c45)n3)ccc21. The quantitative estimate of drug-likeness (QED) is 0.169. The van der Waals surface area contributed by atoms with Crippen LogP contribution in [0.5, 0.6) is 0 Å². The van der Waals surface area contributed by atoms with Crippen LogP contribution in [0.2, 0.25) is 0 Å². The van der Waals surface area contributed by atoms with Crippen LogP contribution in [0.25, 0.3) is 111 Å². The Morgan fingerprint density at radius 2 is 0.897 bits per heavy atom. The molecule has 12 rings (SSSR count). The standard InChI is InChI=1S/C54H35N3O/c1-54(2)46-21-11-10-19-41(46)44-31-35(24-27-47(44)54)52-55-51(32-13-4-3-5-14-32)56-53(57-52)42-20-12-22-49-50(42)45-30-34(25-28-48(45)58-49)33-23-26-40-38-17-7-6-15-36(38)37-16-8-9-18-39(37)43(40)29-33/h3-31H,1-2H3. The molecular weight excluding hydrogens is 707 g/mol. The van der Waals surface area contributed by atoms with E-state index in [0.29, 0.717) is 17.5 Å². The Kier molecular flexibility index (Phi) is 6.94. The predicted molar refractivity (Wildman–Crippen MR) is 239 cm³/mol. The van der Waals surface area contributed by atoms with E-state index in [4.69, 9.17) is 19.4 Å². The average Bonchev–Trinajstić information content (AvgIpc) is 3.77. The van der Waals surface area contributed by atoms with Crippen LogP contribution in [0.4, 0.5) is 0 Å². The van der Waals surface area contributed by atoms with Gasteiger partial charge in [-0.2, -0.15) is 0 Å². The van der Waals surface area contributed by atoms with E-state index < -0.39 is 0 Å². The van der Waals surface area contributed by atoms with Gasteiger partial charge in [-0.15, -0.1) is 0 Å². The Labute approximate surface area is 335 Å². The first-order valence-electron chi connectivity index (χ1n) is 19.9.